The van der Waals surface area contributed by atoms with E-state index in [1.807, 2.05) is 10.7 Å². The van der Waals surface area contributed by atoms with Crippen molar-refractivity contribution in [2.45, 2.75) is 46.6 Å². The van der Waals surface area contributed by atoms with E-state index < -0.39 is 0 Å². The Morgan fingerprint density at radius 2 is 2.16 bits per heavy atom. The van der Waals surface area contributed by atoms with Gasteiger partial charge in [0.2, 0.25) is 0 Å². The molecule has 0 aliphatic heterocycles. The first kappa shape index (κ1) is 17.6. The average molecular weight is 356 g/mol. The van der Waals surface area contributed by atoms with Gasteiger partial charge in [-0.25, -0.2) is 9.67 Å². The Morgan fingerprint density at radius 1 is 1.36 bits per heavy atom. The van der Waals surface area contributed by atoms with Gasteiger partial charge in [0, 0.05) is 17.5 Å². The molecule has 0 saturated heterocycles. The van der Waals surface area contributed by atoms with Gasteiger partial charge in [0.05, 0.1) is 27.7 Å². The lowest BCUT2D eigenvalue weighted by Gasteiger charge is -2.10. The van der Waals surface area contributed by atoms with Gasteiger partial charge < -0.3 is 5.32 Å². The van der Waals surface area contributed by atoms with Gasteiger partial charge in [-0.05, 0) is 45.4 Å². The molecule has 3 aromatic rings. The minimum absolute atomic E-state index is 0.0568. The Morgan fingerprint density at radius 3 is 2.80 bits per heavy atom. The van der Waals surface area contributed by atoms with E-state index in [9.17, 15) is 4.79 Å². The molecule has 0 atom stereocenters. The summed E-state index contributed by atoms with van der Waals surface area (Å²) in [5.74, 6) is -0.0568. The summed E-state index contributed by atoms with van der Waals surface area (Å²) >= 11 is 1.68. The minimum atomic E-state index is -0.0568. The molecule has 0 aliphatic carbocycles. The van der Waals surface area contributed by atoms with E-state index in [4.69, 9.17) is 4.98 Å². The quantitative estimate of drug-likeness (QED) is 0.658. The van der Waals surface area contributed by atoms with Crippen molar-refractivity contribution in [3.8, 4) is 10.6 Å². The van der Waals surface area contributed by atoms with Crippen LogP contribution in [0.1, 0.15) is 54.9 Å². The molecule has 132 valence electrons. The molecule has 3 rings (SSSR count). The smallest absolute Gasteiger partial charge is 0.252 e. The Balaban J connectivity index is 2.11. The fraction of sp³-hybridized carbons (Fsp3) is 0.421. The molecule has 3 aromatic heterocycles. The number of unbranched alkanes of at least 4 members (excludes halogenated alkanes) is 1. The standard InChI is InChI=1S/C19H24N4OS/c1-5-6-9-20-19(24)14-10-16(17-8-7-13(4)25-17)22-18-15(14)11-21-23(18)12(2)3/h7-8,10-12H,5-6,9H2,1-4H3,(H,20,24). The Labute approximate surface area is 152 Å². The number of fused-ring (bicyclic) bond motifs is 1. The van der Waals surface area contributed by atoms with Crippen LogP contribution in [0.2, 0.25) is 0 Å². The lowest BCUT2D eigenvalue weighted by molar-refractivity contribution is 0.0955. The number of nitrogens with one attached hydrogen (secondary N) is 1. The summed E-state index contributed by atoms with van der Waals surface area (Å²) in [4.78, 5) is 19.8. The molecule has 0 fully saturated rings. The highest BCUT2D eigenvalue weighted by atomic mass is 32.1. The predicted molar refractivity (Wildman–Crippen MR) is 103 cm³/mol. The van der Waals surface area contributed by atoms with Gasteiger partial charge in [-0.1, -0.05) is 13.3 Å². The molecule has 0 radical (unpaired) electrons. The van der Waals surface area contributed by atoms with Crippen LogP contribution in [-0.2, 0) is 0 Å². The third-order valence-corrected chi connectivity index (χ3v) is 5.13. The van der Waals surface area contributed by atoms with Crippen molar-refractivity contribution < 1.29 is 4.79 Å². The molecule has 6 heteroatoms. The maximum absolute atomic E-state index is 12.7. The molecule has 0 aromatic carbocycles. The molecular weight excluding hydrogens is 332 g/mol. The second-order valence-electron chi connectivity index (χ2n) is 6.49. The summed E-state index contributed by atoms with van der Waals surface area (Å²) in [6.45, 7) is 9.00. The largest absolute Gasteiger partial charge is 0.352 e. The van der Waals surface area contributed by atoms with Gasteiger partial charge in [-0.3, -0.25) is 4.79 Å². The fourth-order valence-electron chi connectivity index (χ4n) is 2.76. The van der Waals surface area contributed by atoms with Crippen molar-refractivity contribution in [3.05, 3.63) is 34.8 Å². The van der Waals surface area contributed by atoms with E-state index in [-0.39, 0.29) is 11.9 Å². The minimum Gasteiger partial charge on any atom is -0.352 e. The first-order valence-corrected chi connectivity index (χ1v) is 9.56. The number of carbonyl (C=O) groups is 1. The SMILES string of the molecule is CCCCNC(=O)c1cc(-c2ccc(C)s2)nc2c1cnn2C(C)C. The second-order valence-corrected chi connectivity index (χ2v) is 7.78. The van der Waals surface area contributed by atoms with Gasteiger partial charge >= 0.3 is 0 Å². The number of hydrogen-bond donors (Lipinski definition) is 1. The molecule has 0 spiro atoms. The van der Waals surface area contributed by atoms with Crippen molar-refractivity contribution in [3.63, 3.8) is 0 Å². The van der Waals surface area contributed by atoms with Crippen molar-refractivity contribution >= 4 is 28.3 Å². The van der Waals surface area contributed by atoms with E-state index in [1.54, 1.807) is 17.5 Å². The molecular formula is C19H24N4OS. The Hall–Kier alpha value is -2.21. The monoisotopic (exact) mass is 356 g/mol. The molecule has 25 heavy (non-hydrogen) atoms. The number of carbonyl (C=O) groups excluding carboxylic acids is 1. The van der Waals surface area contributed by atoms with Gasteiger partial charge in [-0.15, -0.1) is 11.3 Å². The van der Waals surface area contributed by atoms with Crippen molar-refractivity contribution in [1.29, 1.82) is 0 Å². The predicted octanol–water partition coefficient (Wildman–Crippen LogP) is 4.58. The Kier molecular flexibility index (Phi) is 5.18. The number of aromatic nitrogens is 3. The van der Waals surface area contributed by atoms with Crippen molar-refractivity contribution in [2.24, 2.45) is 0 Å². The molecule has 0 bridgehead atoms. The van der Waals surface area contributed by atoms with E-state index in [0.29, 0.717) is 12.1 Å². The van der Waals surface area contributed by atoms with Crippen LogP contribution in [0, 0.1) is 6.92 Å². The first-order chi connectivity index (χ1) is 12.0. The van der Waals surface area contributed by atoms with Crippen molar-refractivity contribution in [2.75, 3.05) is 6.54 Å². The number of rotatable bonds is 6. The number of pyridine rings is 1. The van der Waals surface area contributed by atoms with Crippen LogP contribution in [0.4, 0.5) is 0 Å². The number of hydrogen-bond acceptors (Lipinski definition) is 4. The number of aryl methyl sites for hydroxylation is 1. The van der Waals surface area contributed by atoms with Crippen LogP contribution in [0.25, 0.3) is 21.6 Å². The van der Waals surface area contributed by atoms with Crippen LogP contribution < -0.4 is 5.32 Å². The third-order valence-electron chi connectivity index (χ3n) is 4.11. The lowest BCUT2D eigenvalue weighted by atomic mass is 10.1. The van der Waals surface area contributed by atoms with E-state index >= 15 is 0 Å². The molecule has 1 N–H and O–H groups in total. The normalized spacial score (nSPS) is 11.4. The van der Waals surface area contributed by atoms with Crippen LogP contribution >= 0.6 is 11.3 Å². The van der Waals surface area contributed by atoms with Gasteiger partial charge in [-0.2, -0.15) is 5.10 Å². The zero-order valence-electron chi connectivity index (χ0n) is 15.2. The molecule has 5 nitrogen and oxygen atoms in total. The third kappa shape index (κ3) is 3.58. The molecule has 0 unspecified atom stereocenters. The highest BCUT2D eigenvalue weighted by Crippen LogP contribution is 2.30. The zero-order valence-corrected chi connectivity index (χ0v) is 16.0. The van der Waals surface area contributed by atoms with Crippen molar-refractivity contribution in [1.82, 2.24) is 20.1 Å². The van der Waals surface area contributed by atoms with Crippen LogP contribution in [0.15, 0.2) is 24.4 Å². The van der Waals surface area contributed by atoms with Crippen LogP contribution in [0.5, 0.6) is 0 Å². The molecule has 3 heterocycles. The maximum Gasteiger partial charge on any atom is 0.252 e. The maximum atomic E-state index is 12.7. The molecule has 0 saturated carbocycles. The average Bonchev–Trinajstić information content (AvgIpc) is 3.20. The van der Waals surface area contributed by atoms with E-state index in [1.165, 1.54) is 4.88 Å². The van der Waals surface area contributed by atoms with Crippen LogP contribution in [0.3, 0.4) is 0 Å². The number of thiophene rings is 1. The fourth-order valence-corrected chi connectivity index (χ4v) is 3.58. The molecule has 0 aliphatic rings. The second kappa shape index (κ2) is 7.35. The summed E-state index contributed by atoms with van der Waals surface area (Å²) < 4.78 is 1.88. The summed E-state index contributed by atoms with van der Waals surface area (Å²) in [6.07, 6.45) is 3.78. The van der Waals surface area contributed by atoms with E-state index in [2.05, 4.69) is 50.2 Å². The molecule has 1 amide bonds. The first-order valence-electron chi connectivity index (χ1n) is 8.74. The highest BCUT2D eigenvalue weighted by Gasteiger charge is 2.18. The van der Waals surface area contributed by atoms with Crippen LogP contribution in [-0.4, -0.2) is 27.2 Å². The summed E-state index contributed by atoms with van der Waals surface area (Å²) in [5.41, 5.74) is 2.24. The van der Waals surface area contributed by atoms with Gasteiger partial charge in [0.1, 0.15) is 0 Å². The zero-order chi connectivity index (χ0) is 18.0. The lowest BCUT2D eigenvalue weighted by Crippen LogP contribution is -2.24. The highest BCUT2D eigenvalue weighted by molar-refractivity contribution is 7.15. The van der Waals surface area contributed by atoms with E-state index in [0.717, 1.165) is 34.4 Å². The topological polar surface area (TPSA) is 59.8 Å². The summed E-state index contributed by atoms with van der Waals surface area (Å²) in [5, 5.41) is 8.27. The summed E-state index contributed by atoms with van der Waals surface area (Å²) in [6, 6.07) is 6.21. The number of nitrogens with zero attached hydrogens (tertiary/aromatic N) is 3. The Bertz CT molecular complexity index is 894. The number of amides is 1. The van der Waals surface area contributed by atoms with Gasteiger partial charge in [0.25, 0.3) is 5.91 Å². The summed E-state index contributed by atoms with van der Waals surface area (Å²) in [7, 11) is 0. The van der Waals surface area contributed by atoms with Gasteiger partial charge in [0.15, 0.2) is 5.65 Å².